The lowest BCUT2D eigenvalue weighted by Crippen LogP contribution is -2.17. The number of para-hydroxylation sites is 1. The molecule has 0 spiro atoms. The van der Waals surface area contributed by atoms with Gasteiger partial charge >= 0.3 is 0 Å². The maximum Gasteiger partial charge on any atom is 0.251 e. The maximum absolute atomic E-state index is 11.9. The van der Waals surface area contributed by atoms with E-state index in [-0.39, 0.29) is 5.91 Å². The largest absolute Gasteiger partial charge is 0.494 e. The summed E-state index contributed by atoms with van der Waals surface area (Å²) in [5, 5.41) is 5.93. The van der Waals surface area contributed by atoms with E-state index in [0.717, 1.165) is 22.5 Å². The summed E-state index contributed by atoms with van der Waals surface area (Å²) >= 11 is 0. The fourth-order valence-electron chi connectivity index (χ4n) is 2.82. The monoisotopic (exact) mass is 354 g/mol. The van der Waals surface area contributed by atoms with Crippen LogP contribution in [-0.2, 0) is 11.3 Å². The number of hydrogen-bond acceptors (Lipinski definition) is 5. The number of nitrogens with one attached hydrogen (secondary N) is 2. The molecular weight excluding hydrogens is 332 g/mol. The van der Waals surface area contributed by atoms with Crippen molar-refractivity contribution in [2.24, 2.45) is 0 Å². The van der Waals surface area contributed by atoms with Crippen molar-refractivity contribution in [3.05, 3.63) is 48.0 Å². The molecule has 7 heteroatoms. The van der Waals surface area contributed by atoms with E-state index in [0.29, 0.717) is 24.7 Å². The highest BCUT2D eigenvalue weighted by atomic mass is 16.5. The van der Waals surface area contributed by atoms with Crippen molar-refractivity contribution in [3.63, 3.8) is 0 Å². The van der Waals surface area contributed by atoms with Crippen LogP contribution in [0.2, 0.25) is 0 Å². The first-order valence-electron chi connectivity index (χ1n) is 8.29. The van der Waals surface area contributed by atoms with Gasteiger partial charge in [0, 0.05) is 32.0 Å². The Hall–Kier alpha value is -3.06. The molecular formula is C19H22N4O3. The molecule has 26 heavy (non-hydrogen) atoms. The van der Waals surface area contributed by atoms with Gasteiger partial charge in [0.05, 0.1) is 19.2 Å². The van der Waals surface area contributed by atoms with Crippen molar-refractivity contribution in [1.29, 1.82) is 0 Å². The molecule has 0 aliphatic carbocycles. The Labute approximate surface area is 151 Å². The lowest BCUT2D eigenvalue weighted by molar-refractivity contribution is 0.0963. The van der Waals surface area contributed by atoms with Crippen molar-refractivity contribution in [2.45, 2.75) is 6.54 Å². The van der Waals surface area contributed by atoms with E-state index in [9.17, 15) is 4.79 Å². The number of nitrogens with zero attached hydrogens (tertiary/aromatic N) is 2. The van der Waals surface area contributed by atoms with Crippen LogP contribution in [0.5, 0.6) is 5.75 Å². The zero-order valence-corrected chi connectivity index (χ0v) is 15.1. The Morgan fingerprint density at radius 2 is 2.00 bits per heavy atom. The number of anilines is 2. The van der Waals surface area contributed by atoms with Crippen LogP contribution in [0.3, 0.4) is 0 Å². The smallest absolute Gasteiger partial charge is 0.251 e. The summed E-state index contributed by atoms with van der Waals surface area (Å²) in [5.41, 5.74) is 3.08. The molecule has 2 N–H and O–H groups in total. The Balaban J connectivity index is 2.03. The summed E-state index contributed by atoms with van der Waals surface area (Å²) in [6.45, 7) is 1.15. The third-order valence-electron chi connectivity index (χ3n) is 4.08. The van der Waals surface area contributed by atoms with Crippen LogP contribution < -0.4 is 15.4 Å². The van der Waals surface area contributed by atoms with Gasteiger partial charge in [-0.25, -0.2) is 4.98 Å². The molecule has 0 saturated carbocycles. The van der Waals surface area contributed by atoms with E-state index in [2.05, 4.69) is 15.6 Å². The van der Waals surface area contributed by atoms with E-state index in [1.807, 2.05) is 34.9 Å². The number of carbonyl (C=O) groups is 1. The van der Waals surface area contributed by atoms with Gasteiger partial charge in [-0.05, 0) is 30.3 Å². The quantitative estimate of drug-likeness (QED) is 0.682. The minimum absolute atomic E-state index is 0.136. The molecule has 1 aromatic heterocycles. The van der Waals surface area contributed by atoms with Crippen LogP contribution in [0.1, 0.15) is 10.4 Å². The second-order valence-corrected chi connectivity index (χ2v) is 5.69. The van der Waals surface area contributed by atoms with Gasteiger partial charge in [-0.3, -0.25) is 4.79 Å². The first kappa shape index (κ1) is 17.8. The zero-order chi connectivity index (χ0) is 18.5. The van der Waals surface area contributed by atoms with Gasteiger partial charge in [0.15, 0.2) is 0 Å². The van der Waals surface area contributed by atoms with E-state index < -0.39 is 0 Å². The molecule has 7 nitrogen and oxygen atoms in total. The van der Waals surface area contributed by atoms with E-state index >= 15 is 0 Å². The number of imidazole rings is 1. The number of carbonyl (C=O) groups excluding carboxylic acids is 1. The lowest BCUT2D eigenvalue weighted by Gasteiger charge is -2.12. The minimum atomic E-state index is -0.136. The van der Waals surface area contributed by atoms with E-state index in [1.54, 1.807) is 33.4 Å². The molecule has 1 amide bonds. The molecule has 1 heterocycles. The van der Waals surface area contributed by atoms with E-state index in [1.165, 1.54) is 0 Å². The summed E-state index contributed by atoms with van der Waals surface area (Å²) in [6.07, 6.45) is 0. The zero-order valence-electron chi connectivity index (χ0n) is 15.1. The lowest BCUT2D eigenvalue weighted by atomic mass is 10.2. The molecule has 2 aromatic carbocycles. The van der Waals surface area contributed by atoms with Crippen molar-refractivity contribution in [3.8, 4) is 5.75 Å². The van der Waals surface area contributed by atoms with Crippen molar-refractivity contribution >= 4 is 28.6 Å². The number of fused-ring (bicyclic) bond motifs is 1. The Morgan fingerprint density at radius 3 is 2.73 bits per heavy atom. The molecule has 0 radical (unpaired) electrons. The van der Waals surface area contributed by atoms with Gasteiger partial charge in [-0.2, -0.15) is 0 Å². The number of aromatic nitrogens is 2. The Bertz CT molecular complexity index is 920. The molecule has 0 aliphatic heterocycles. The number of methoxy groups -OCH3 is 2. The molecule has 0 fully saturated rings. The summed E-state index contributed by atoms with van der Waals surface area (Å²) < 4.78 is 12.8. The number of amides is 1. The molecule has 0 saturated heterocycles. The highest BCUT2D eigenvalue weighted by Gasteiger charge is 2.15. The summed E-state index contributed by atoms with van der Waals surface area (Å²) in [7, 11) is 4.91. The molecule has 0 aliphatic rings. The van der Waals surface area contributed by atoms with Crippen LogP contribution in [0, 0.1) is 0 Å². The van der Waals surface area contributed by atoms with Gasteiger partial charge in [-0.15, -0.1) is 0 Å². The number of hydrogen-bond donors (Lipinski definition) is 2. The molecule has 0 unspecified atom stereocenters. The van der Waals surface area contributed by atoms with Gasteiger partial charge in [0.1, 0.15) is 11.3 Å². The fourth-order valence-corrected chi connectivity index (χ4v) is 2.82. The Kier molecular flexibility index (Phi) is 5.38. The second-order valence-electron chi connectivity index (χ2n) is 5.69. The van der Waals surface area contributed by atoms with Crippen molar-refractivity contribution < 1.29 is 14.3 Å². The van der Waals surface area contributed by atoms with Crippen LogP contribution in [-0.4, -0.2) is 43.3 Å². The molecule has 3 aromatic rings. The normalized spacial score (nSPS) is 10.7. The second kappa shape index (κ2) is 7.88. The highest BCUT2D eigenvalue weighted by molar-refractivity contribution is 5.95. The van der Waals surface area contributed by atoms with Gasteiger partial charge in [0.25, 0.3) is 5.91 Å². The van der Waals surface area contributed by atoms with Crippen LogP contribution >= 0.6 is 0 Å². The van der Waals surface area contributed by atoms with Crippen molar-refractivity contribution in [2.75, 3.05) is 33.2 Å². The first-order valence-corrected chi connectivity index (χ1v) is 8.29. The highest BCUT2D eigenvalue weighted by Crippen LogP contribution is 2.30. The summed E-state index contributed by atoms with van der Waals surface area (Å²) in [4.78, 5) is 16.5. The maximum atomic E-state index is 11.9. The SMILES string of the molecule is CNC(=O)c1cccc(Nc2nc3cccc(OC)c3n2CCOC)c1. The first-order chi connectivity index (χ1) is 12.7. The van der Waals surface area contributed by atoms with Crippen LogP contribution in [0.15, 0.2) is 42.5 Å². The van der Waals surface area contributed by atoms with Gasteiger partial charge in [-0.1, -0.05) is 12.1 Å². The predicted octanol–water partition coefficient (Wildman–Crippen LogP) is 2.79. The number of benzene rings is 2. The summed E-state index contributed by atoms with van der Waals surface area (Å²) in [5.74, 6) is 1.28. The van der Waals surface area contributed by atoms with Gasteiger partial charge < -0.3 is 24.7 Å². The summed E-state index contributed by atoms with van der Waals surface area (Å²) in [6, 6.07) is 13.0. The average Bonchev–Trinajstić information content (AvgIpc) is 3.02. The molecule has 3 rings (SSSR count). The fraction of sp³-hybridized carbons (Fsp3) is 0.263. The topological polar surface area (TPSA) is 77.4 Å². The third kappa shape index (κ3) is 3.48. The van der Waals surface area contributed by atoms with Crippen LogP contribution in [0.25, 0.3) is 11.0 Å². The standard InChI is InChI=1S/C19H22N4O3/c1-20-18(24)13-6-4-7-14(12-13)21-19-22-15-8-5-9-16(26-3)17(15)23(19)10-11-25-2/h4-9,12H,10-11H2,1-3H3,(H,20,24)(H,21,22). The minimum Gasteiger partial charge on any atom is -0.494 e. The predicted molar refractivity (Wildman–Crippen MR) is 101 cm³/mol. The van der Waals surface area contributed by atoms with Gasteiger partial charge in [0.2, 0.25) is 5.95 Å². The number of ether oxygens (including phenoxy) is 2. The van der Waals surface area contributed by atoms with Crippen LogP contribution in [0.4, 0.5) is 11.6 Å². The molecule has 0 atom stereocenters. The van der Waals surface area contributed by atoms with Crippen molar-refractivity contribution in [1.82, 2.24) is 14.9 Å². The molecule has 0 bridgehead atoms. The third-order valence-corrected chi connectivity index (χ3v) is 4.08. The van der Waals surface area contributed by atoms with E-state index in [4.69, 9.17) is 9.47 Å². The molecule has 136 valence electrons. The average molecular weight is 354 g/mol. The Morgan fingerprint density at radius 1 is 1.19 bits per heavy atom. The number of rotatable bonds is 7.